The Labute approximate surface area is 109 Å². The molecule has 0 radical (unpaired) electrons. The normalized spacial score (nSPS) is 19.1. The number of hydrogen-bond donors (Lipinski definition) is 1. The summed E-state index contributed by atoms with van der Waals surface area (Å²) in [4.78, 5) is 0. The summed E-state index contributed by atoms with van der Waals surface area (Å²) in [5.74, 6) is 0.655. The Bertz CT molecular complexity index is 412. The summed E-state index contributed by atoms with van der Waals surface area (Å²) in [6.07, 6.45) is 9.29. The third-order valence-corrected chi connectivity index (χ3v) is 3.69. The summed E-state index contributed by atoms with van der Waals surface area (Å²) in [6, 6.07) is 5.06. The van der Waals surface area contributed by atoms with Crippen LogP contribution in [-0.2, 0) is 6.42 Å². The van der Waals surface area contributed by atoms with Gasteiger partial charge in [-0.1, -0.05) is 18.2 Å². The second kappa shape index (κ2) is 6.69. The van der Waals surface area contributed by atoms with Crippen molar-refractivity contribution in [3.05, 3.63) is 47.3 Å². The molecule has 1 aliphatic carbocycles. The average molecular weight is 247 g/mol. The van der Waals surface area contributed by atoms with Gasteiger partial charge in [0.15, 0.2) is 0 Å². The molecule has 2 rings (SSSR count). The summed E-state index contributed by atoms with van der Waals surface area (Å²) in [5, 5.41) is 3.52. The Morgan fingerprint density at radius 3 is 2.94 bits per heavy atom. The summed E-state index contributed by atoms with van der Waals surface area (Å²) >= 11 is 0. The van der Waals surface area contributed by atoms with Gasteiger partial charge in [-0.15, -0.1) is 0 Å². The van der Waals surface area contributed by atoms with E-state index in [9.17, 15) is 4.39 Å². The zero-order valence-electron chi connectivity index (χ0n) is 11.1. The van der Waals surface area contributed by atoms with Gasteiger partial charge in [-0.25, -0.2) is 4.39 Å². The fourth-order valence-corrected chi connectivity index (χ4v) is 2.51. The number of halogens is 1. The number of hydrogen-bond acceptors (Lipinski definition) is 1. The van der Waals surface area contributed by atoms with E-state index >= 15 is 0 Å². The van der Waals surface area contributed by atoms with E-state index in [4.69, 9.17) is 0 Å². The van der Waals surface area contributed by atoms with Crippen LogP contribution in [0.25, 0.3) is 0 Å². The molecule has 0 saturated carbocycles. The predicted molar refractivity (Wildman–Crippen MR) is 74.2 cm³/mol. The van der Waals surface area contributed by atoms with E-state index in [1.54, 1.807) is 12.1 Å². The van der Waals surface area contributed by atoms with Gasteiger partial charge in [0.25, 0.3) is 0 Å². The van der Waals surface area contributed by atoms with Crippen molar-refractivity contribution in [2.75, 3.05) is 13.1 Å². The summed E-state index contributed by atoms with van der Waals surface area (Å²) in [5.41, 5.74) is 2.30. The standard InChI is InChI=1S/C16H22FN/c1-13-11-16(17)8-7-15(13)9-10-18-12-14-5-3-2-4-6-14/h2-3,7-8,11,14,18H,4-6,9-10,12H2,1H3. The van der Waals surface area contributed by atoms with Crippen LogP contribution in [0, 0.1) is 18.7 Å². The third-order valence-electron chi connectivity index (χ3n) is 3.69. The zero-order valence-corrected chi connectivity index (χ0v) is 11.1. The first-order valence-electron chi connectivity index (χ1n) is 6.86. The molecule has 1 atom stereocenters. The van der Waals surface area contributed by atoms with Gasteiger partial charge in [-0.05, 0) is 74.9 Å². The molecule has 1 aromatic rings. The fraction of sp³-hybridized carbons (Fsp3) is 0.500. The van der Waals surface area contributed by atoms with Crippen LogP contribution in [0.1, 0.15) is 30.4 Å². The monoisotopic (exact) mass is 247 g/mol. The van der Waals surface area contributed by atoms with Gasteiger partial charge >= 0.3 is 0 Å². The lowest BCUT2D eigenvalue weighted by molar-refractivity contribution is 0.442. The molecular weight excluding hydrogens is 225 g/mol. The van der Waals surface area contributed by atoms with Crippen molar-refractivity contribution in [3.8, 4) is 0 Å². The average Bonchev–Trinajstić information content (AvgIpc) is 2.38. The SMILES string of the molecule is Cc1cc(F)ccc1CCNCC1CC=CCC1. The first-order chi connectivity index (χ1) is 8.75. The minimum absolute atomic E-state index is 0.141. The van der Waals surface area contributed by atoms with Crippen LogP contribution in [-0.4, -0.2) is 13.1 Å². The minimum Gasteiger partial charge on any atom is -0.316 e. The van der Waals surface area contributed by atoms with Gasteiger partial charge in [-0.2, -0.15) is 0 Å². The topological polar surface area (TPSA) is 12.0 Å². The number of aryl methyl sites for hydroxylation is 1. The molecular formula is C16H22FN. The lowest BCUT2D eigenvalue weighted by atomic mass is 9.94. The first-order valence-corrected chi connectivity index (χ1v) is 6.86. The van der Waals surface area contributed by atoms with E-state index in [0.717, 1.165) is 31.0 Å². The zero-order chi connectivity index (χ0) is 12.8. The molecule has 0 spiro atoms. The quantitative estimate of drug-likeness (QED) is 0.619. The molecule has 2 heteroatoms. The maximum atomic E-state index is 13.0. The number of rotatable bonds is 5. The predicted octanol–water partition coefficient (Wildman–Crippen LogP) is 3.62. The van der Waals surface area contributed by atoms with Gasteiger partial charge < -0.3 is 5.32 Å². The highest BCUT2D eigenvalue weighted by Gasteiger charge is 2.08. The minimum atomic E-state index is -0.141. The number of benzene rings is 1. The molecule has 98 valence electrons. The highest BCUT2D eigenvalue weighted by Crippen LogP contribution is 2.17. The summed E-state index contributed by atoms with van der Waals surface area (Å²) in [6.45, 7) is 4.06. The van der Waals surface area contributed by atoms with Gasteiger partial charge in [0.1, 0.15) is 5.82 Å². The molecule has 0 aromatic heterocycles. The Balaban J connectivity index is 1.70. The van der Waals surface area contributed by atoms with Gasteiger partial charge in [0.05, 0.1) is 0 Å². The van der Waals surface area contributed by atoms with Crippen LogP contribution in [0.5, 0.6) is 0 Å². The molecule has 0 saturated heterocycles. The van der Waals surface area contributed by atoms with E-state index < -0.39 is 0 Å². The molecule has 1 aliphatic rings. The molecule has 1 unspecified atom stereocenters. The highest BCUT2D eigenvalue weighted by molar-refractivity contribution is 5.26. The molecule has 1 aromatic carbocycles. The van der Waals surface area contributed by atoms with Crippen molar-refractivity contribution in [1.29, 1.82) is 0 Å². The Kier molecular flexibility index (Phi) is 4.94. The van der Waals surface area contributed by atoms with Crippen molar-refractivity contribution in [2.24, 2.45) is 5.92 Å². The van der Waals surface area contributed by atoms with Gasteiger partial charge in [-0.3, -0.25) is 0 Å². The lowest BCUT2D eigenvalue weighted by Gasteiger charge is -2.18. The Morgan fingerprint density at radius 1 is 1.33 bits per heavy atom. The molecule has 1 nitrogen and oxygen atoms in total. The van der Waals surface area contributed by atoms with E-state index in [1.165, 1.54) is 24.8 Å². The van der Waals surface area contributed by atoms with Crippen LogP contribution in [0.2, 0.25) is 0 Å². The smallest absolute Gasteiger partial charge is 0.123 e. The van der Waals surface area contributed by atoms with Crippen LogP contribution < -0.4 is 5.32 Å². The van der Waals surface area contributed by atoms with Crippen molar-refractivity contribution < 1.29 is 4.39 Å². The second-order valence-electron chi connectivity index (χ2n) is 5.18. The molecule has 1 N–H and O–H groups in total. The van der Waals surface area contributed by atoms with Gasteiger partial charge in [0.2, 0.25) is 0 Å². The summed E-state index contributed by atoms with van der Waals surface area (Å²) < 4.78 is 13.0. The lowest BCUT2D eigenvalue weighted by Crippen LogP contribution is -2.25. The van der Waals surface area contributed by atoms with E-state index in [-0.39, 0.29) is 5.82 Å². The summed E-state index contributed by atoms with van der Waals surface area (Å²) in [7, 11) is 0. The van der Waals surface area contributed by atoms with E-state index in [1.807, 2.05) is 13.0 Å². The van der Waals surface area contributed by atoms with Crippen LogP contribution in [0.3, 0.4) is 0 Å². The van der Waals surface area contributed by atoms with Crippen LogP contribution >= 0.6 is 0 Å². The largest absolute Gasteiger partial charge is 0.316 e. The van der Waals surface area contributed by atoms with Crippen molar-refractivity contribution in [2.45, 2.75) is 32.6 Å². The molecule has 0 aliphatic heterocycles. The van der Waals surface area contributed by atoms with E-state index in [2.05, 4.69) is 17.5 Å². The fourth-order valence-electron chi connectivity index (χ4n) is 2.51. The van der Waals surface area contributed by atoms with Crippen molar-refractivity contribution >= 4 is 0 Å². The maximum absolute atomic E-state index is 13.0. The molecule has 0 fully saturated rings. The van der Waals surface area contributed by atoms with E-state index in [0.29, 0.717) is 0 Å². The van der Waals surface area contributed by atoms with Crippen LogP contribution in [0.15, 0.2) is 30.4 Å². The highest BCUT2D eigenvalue weighted by atomic mass is 19.1. The Morgan fingerprint density at radius 2 is 2.22 bits per heavy atom. The Hall–Kier alpha value is -1.15. The molecule has 0 bridgehead atoms. The molecule has 0 amide bonds. The maximum Gasteiger partial charge on any atom is 0.123 e. The third kappa shape index (κ3) is 3.95. The number of nitrogens with one attached hydrogen (secondary N) is 1. The van der Waals surface area contributed by atoms with Gasteiger partial charge in [0, 0.05) is 0 Å². The van der Waals surface area contributed by atoms with Crippen molar-refractivity contribution in [3.63, 3.8) is 0 Å². The van der Waals surface area contributed by atoms with Crippen molar-refractivity contribution in [1.82, 2.24) is 5.32 Å². The molecule has 18 heavy (non-hydrogen) atoms. The second-order valence-corrected chi connectivity index (χ2v) is 5.18. The molecule has 0 heterocycles. The first kappa shape index (κ1) is 13.3. The number of allylic oxidation sites excluding steroid dienone is 2. The van der Waals surface area contributed by atoms with Crippen LogP contribution in [0.4, 0.5) is 4.39 Å².